The van der Waals surface area contributed by atoms with Crippen LogP contribution in [0.2, 0.25) is 0 Å². The van der Waals surface area contributed by atoms with Gasteiger partial charge in [0.05, 0.1) is 33.3 Å². The van der Waals surface area contributed by atoms with Crippen LogP contribution in [-0.2, 0) is 0 Å². The Kier molecular flexibility index (Phi) is 6.68. The molecule has 0 bridgehead atoms. The Morgan fingerprint density at radius 2 is 1.70 bits per heavy atom. The van der Waals surface area contributed by atoms with E-state index in [0.29, 0.717) is 31.1 Å². The lowest BCUT2D eigenvalue weighted by atomic mass is 10.2. The number of nitrogens with one attached hydrogen (secondary N) is 1. The van der Waals surface area contributed by atoms with Gasteiger partial charge in [-0.2, -0.15) is 0 Å². The highest BCUT2D eigenvalue weighted by molar-refractivity contribution is 5.94. The SMILES string of the molecule is COc1ccccc1OC[C@H](O)C[NH+]1CCN(C(=O)c2ccccc2)CC1. The second-order valence-electron chi connectivity index (χ2n) is 6.73. The summed E-state index contributed by atoms with van der Waals surface area (Å²) in [6, 6.07) is 16.8. The standard InChI is InChI=1S/C21H26N2O4/c1-26-19-9-5-6-10-20(19)27-16-18(24)15-22-11-13-23(14-12-22)21(25)17-7-3-2-4-8-17/h2-10,18,24H,11-16H2,1H3/p+1/t18-/m1/s1. The molecule has 2 N–H and O–H groups in total. The summed E-state index contributed by atoms with van der Waals surface area (Å²) in [7, 11) is 1.60. The fourth-order valence-electron chi connectivity index (χ4n) is 3.31. The largest absolute Gasteiger partial charge is 0.493 e. The fourth-order valence-corrected chi connectivity index (χ4v) is 3.31. The van der Waals surface area contributed by atoms with Crippen molar-refractivity contribution in [2.45, 2.75) is 6.10 Å². The van der Waals surface area contributed by atoms with Gasteiger partial charge in [-0.15, -0.1) is 0 Å². The molecule has 144 valence electrons. The second-order valence-corrected chi connectivity index (χ2v) is 6.73. The minimum absolute atomic E-state index is 0.0784. The van der Waals surface area contributed by atoms with E-state index >= 15 is 0 Å². The number of quaternary nitrogens is 1. The van der Waals surface area contributed by atoms with Crippen LogP contribution in [0.5, 0.6) is 11.5 Å². The van der Waals surface area contributed by atoms with Gasteiger partial charge < -0.3 is 24.4 Å². The molecule has 0 spiro atoms. The predicted molar refractivity (Wildman–Crippen MR) is 102 cm³/mol. The molecule has 0 aromatic heterocycles. The Morgan fingerprint density at radius 3 is 2.37 bits per heavy atom. The summed E-state index contributed by atoms with van der Waals surface area (Å²) in [6.07, 6.45) is -0.568. The normalized spacial score (nSPS) is 16.0. The third-order valence-corrected chi connectivity index (χ3v) is 4.80. The van der Waals surface area contributed by atoms with E-state index in [-0.39, 0.29) is 12.5 Å². The van der Waals surface area contributed by atoms with Crippen molar-refractivity contribution in [3.05, 3.63) is 60.2 Å². The number of amides is 1. The molecular formula is C21H27N2O4+. The number of benzene rings is 2. The van der Waals surface area contributed by atoms with Crippen molar-refractivity contribution >= 4 is 5.91 Å². The Labute approximate surface area is 159 Å². The van der Waals surface area contributed by atoms with Crippen LogP contribution in [-0.4, -0.2) is 68.5 Å². The van der Waals surface area contributed by atoms with Gasteiger partial charge in [0.2, 0.25) is 0 Å². The van der Waals surface area contributed by atoms with E-state index in [4.69, 9.17) is 9.47 Å². The van der Waals surface area contributed by atoms with Crippen LogP contribution in [0, 0.1) is 0 Å². The monoisotopic (exact) mass is 371 g/mol. The zero-order valence-electron chi connectivity index (χ0n) is 15.6. The molecule has 3 rings (SSSR count). The van der Waals surface area contributed by atoms with Crippen molar-refractivity contribution in [3.8, 4) is 11.5 Å². The van der Waals surface area contributed by atoms with E-state index in [0.717, 1.165) is 18.7 Å². The van der Waals surface area contributed by atoms with Gasteiger partial charge in [-0.25, -0.2) is 0 Å². The maximum absolute atomic E-state index is 12.5. The highest BCUT2D eigenvalue weighted by Crippen LogP contribution is 2.25. The lowest BCUT2D eigenvalue weighted by Crippen LogP contribution is -3.16. The van der Waals surface area contributed by atoms with E-state index < -0.39 is 6.10 Å². The summed E-state index contributed by atoms with van der Waals surface area (Å²) in [4.78, 5) is 15.7. The maximum atomic E-state index is 12.5. The minimum Gasteiger partial charge on any atom is -0.493 e. The zero-order chi connectivity index (χ0) is 19.1. The molecule has 6 nitrogen and oxygen atoms in total. The number of para-hydroxylation sites is 2. The number of methoxy groups -OCH3 is 1. The van der Waals surface area contributed by atoms with Gasteiger partial charge in [0, 0.05) is 5.56 Å². The Morgan fingerprint density at radius 1 is 1.07 bits per heavy atom. The van der Waals surface area contributed by atoms with Crippen molar-refractivity contribution in [3.63, 3.8) is 0 Å². The van der Waals surface area contributed by atoms with Crippen LogP contribution in [0.1, 0.15) is 10.4 Å². The Balaban J connectivity index is 1.43. The molecule has 1 saturated heterocycles. The number of piperazine rings is 1. The summed E-state index contributed by atoms with van der Waals surface area (Å²) in [5.74, 6) is 1.37. The van der Waals surface area contributed by atoms with Crippen molar-refractivity contribution in [2.75, 3.05) is 46.4 Å². The number of rotatable bonds is 7. The molecule has 0 radical (unpaired) electrons. The molecule has 6 heteroatoms. The van der Waals surface area contributed by atoms with Crippen molar-refractivity contribution < 1.29 is 24.3 Å². The average Bonchev–Trinajstić information content (AvgIpc) is 2.73. The molecule has 0 aliphatic carbocycles. The summed E-state index contributed by atoms with van der Waals surface area (Å²) < 4.78 is 10.9. The summed E-state index contributed by atoms with van der Waals surface area (Å²) in [6.45, 7) is 3.86. The number of nitrogens with zero attached hydrogens (tertiary/aromatic N) is 1. The van der Waals surface area contributed by atoms with E-state index in [1.807, 2.05) is 59.5 Å². The minimum atomic E-state index is -0.568. The highest BCUT2D eigenvalue weighted by atomic mass is 16.5. The van der Waals surface area contributed by atoms with Gasteiger partial charge in [-0.05, 0) is 24.3 Å². The Bertz CT molecular complexity index is 730. The predicted octanol–water partition coefficient (Wildman–Crippen LogP) is 0.476. The van der Waals surface area contributed by atoms with Crippen LogP contribution in [0.15, 0.2) is 54.6 Å². The third kappa shape index (κ3) is 5.21. The maximum Gasteiger partial charge on any atom is 0.254 e. The Hall–Kier alpha value is -2.57. The topological polar surface area (TPSA) is 63.4 Å². The van der Waals surface area contributed by atoms with Crippen molar-refractivity contribution in [1.82, 2.24) is 4.90 Å². The van der Waals surface area contributed by atoms with Gasteiger partial charge in [0.1, 0.15) is 19.3 Å². The molecule has 1 aliphatic rings. The number of hydrogen-bond donors (Lipinski definition) is 2. The molecule has 1 atom stereocenters. The van der Waals surface area contributed by atoms with E-state index in [1.54, 1.807) is 7.11 Å². The van der Waals surface area contributed by atoms with Gasteiger partial charge >= 0.3 is 0 Å². The number of carbonyl (C=O) groups is 1. The molecule has 2 aromatic rings. The number of ether oxygens (including phenoxy) is 2. The molecule has 0 saturated carbocycles. The number of aliphatic hydroxyl groups is 1. The molecule has 1 aliphatic heterocycles. The van der Waals surface area contributed by atoms with Gasteiger partial charge in [-0.1, -0.05) is 30.3 Å². The lowest BCUT2D eigenvalue weighted by Gasteiger charge is -2.33. The van der Waals surface area contributed by atoms with Gasteiger partial charge in [-0.3, -0.25) is 4.79 Å². The van der Waals surface area contributed by atoms with Crippen molar-refractivity contribution in [2.24, 2.45) is 0 Å². The number of carbonyl (C=O) groups excluding carboxylic acids is 1. The fraction of sp³-hybridized carbons (Fsp3) is 0.381. The first-order valence-corrected chi connectivity index (χ1v) is 9.29. The molecule has 1 heterocycles. The first kappa shape index (κ1) is 19.2. The van der Waals surface area contributed by atoms with Gasteiger partial charge in [0.25, 0.3) is 5.91 Å². The summed E-state index contributed by atoms with van der Waals surface area (Å²) in [5, 5.41) is 10.3. The molecule has 27 heavy (non-hydrogen) atoms. The number of hydrogen-bond acceptors (Lipinski definition) is 4. The molecule has 2 aromatic carbocycles. The quantitative estimate of drug-likeness (QED) is 0.743. The second kappa shape index (κ2) is 9.39. The van der Waals surface area contributed by atoms with Crippen LogP contribution < -0.4 is 14.4 Å². The molecule has 1 amide bonds. The van der Waals surface area contributed by atoms with Crippen LogP contribution in [0.25, 0.3) is 0 Å². The molecule has 1 fully saturated rings. The van der Waals surface area contributed by atoms with Crippen LogP contribution in [0.4, 0.5) is 0 Å². The van der Waals surface area contributed by atoms with E-state index in [1.165, 1.54) is 4.90 Å². The van der Waals surface area contributed by atoms with E-state index in [2.05, 4.69) is 0 Å². The first-order chi connectivity index (χ1) is 13.2. The first-order valence-electron chi connectivity index (χ1n) is 9.29. The van der Waals surface area contributed by atoms with Crippen molar-refractivity contribution in [1.29, 1.82) is 0 Å². The average molecular weight is 371 g/mol. The van der Waals surface area contributed by atoms with E-state index in [9.17, 15) is 9.90 Å². The molecular weight excluding hydrogens is 344 g/mol. The molecule has 0 unspecified atom stereocenters. The zero-order valence-corrected chi connectivity index (χ0v) is 15.6. The van der Waals surface area contributed by atoms with Crippen LogP contribution >= 0.6 is 0 Å². The van der Waals surface area contributed by atoms with Crippen LogP contribution in [0.3, 0.4) is 0 Å². The number of aliphatic hydroxyl groups excluding tert-OH is 1. The lowest BCUT2D eigenvalue weighted by molar-refractivity contribution is -0.907. The van der Waals surface area contributed by atoms with Gasteiger partial charge in [0.15, 0.2) is 11.5 Å². The highest BCUT2D eigenvalue weighted by Gasteiger charge is 2.26. The summed E-state index contributed by atoms with van der Waals surface area (Å²) >= 11 is 0. The smallest absolute Gasteiger partial charge is 0.254 e. The summed E-state index contributed by atoms with van der Waals surface area (Å²) in [5.41, 5.74) is 0.728. The third-order valence-electron chi connectivity index (χ3n) is 4.80.